The number of piperidine rings is 1. The summed E-state index contributed by atoms with van der Waals surface area (Å²) in [5.41, 5.74) is 0.833. The predicted octanol–water partition coefficient (Wildman–Crippen LogP) is 2.42. The molecule has 1 aromatic carbocycles. The summed E-state index contributed by atoms with van der Waals surface area (Å²) in [6.07, 6.45) is 6.19. The summed E-state index contributed by atoms with van der Waals surface area (Å²) in [4.78, 5) is 13.0. The van der Waals surface area contributed by atoms with Crippen LogP contribution in [0.15, 0.2) is 59.7 Å². The van der Waals surface area contributed by atoms with Crippen LogP contribution in [0.25, 0.3) is 5.69 Å². The number of nitrogens with zero attached hydrogens (tertiary/aromatic N) is 4. The molecule has 0 spiro atoms. The van der Waals surface area contributed by atoms with Gasteiger partial charge >= 0.3 is 5.69 Å². The maximum absolute atomic E-state index is 13.0. The van der Waals surface area contributed by atoms with Crippen LogP contribution >= 0.6 is 12.4 Å². The number of benzene rings is 1. The van der Waals surface area contributed by atoms with Gasteiger partial charge in [0.15, 0.2) is 0 Å². The number of halogens is 1. The molecule has 1 N–H and O–H groups in total. The van der Waals surface area contributed by atoms with E-state index in [-0.39, 0.29) is 24.0 Å². The predicted molar refractivity (Wildman–Crippen MR) is 104 cm³/mol. The molecule has 3 heterocycles. The molecule has 1 saturated heterocycles. The number of aryl methyl sites for hydroxylation is 2. The number of hydrogen-bond donors (Lipinski definition) is 1. The Morgan fingerprint density at radius 2 is 1.85 bits per heavy atom. The van der Waals surface area contributed by atoms with Gasteiger partial charge in [0.25, 0.3) is 0 Å². The fraction of sp³-hybridized carbons (Fsp3) is 0.368. The second-order valence-electron chi connectivity index (χ2n) is 6.50. The summed E-state index contributed by atoms with van der Waals surface area (Å²) in [5.74, 6) is 1.14. The average molecular weight is 374 g/mol. The molecule has 1 aliphatic rings. The third-order valence-electron chi connectivity index (χ3n) is 4.78. The summed E-state index contributed by atoms with van der Waals surface area (Å²) in [6, 6.07) is 13.8. The molecule has 0 aliphatic carbocycles. The van der Waals surface area contributed by atoms with E-state index < -0.39 is 0 Å². The van der Waals surface area contributed by atoms with E-state index in [9.17, 15) is 4.79 Å². The second-order valence-corrected chi connectivity index (χ2v) is 6.50. The van der Waals surface area contributed by atoms with E-state index in [4.69, 9.17) is 5.10 Å². The Morgan fingerprint density at radius 1 is 1.08 bits per heavy atom. The number of rotatable bonds is 5. The van der Waals surface area contributed by atoms with Gasteiger partial charge in [-0.25, -0.2) is 14.0 Å². The Morgan fingerprint density at radius 3 is 2.54 bits per heavy atom. The highest BCUT2D eigenvalue weighted by molar-refractivity contribution is 5.85. The third-order valence-corrected chi connectivity index (χ3v) is 4.78. The van der Waals surface area contributed by atoms with Crippen LogP contribution in [0.1, 0.15) is 24.6 Å². The lowest BCUT2D eigenvalue weighted by Gasteiger charge is -2.22. The van der Waals surface area contributed by atoms with Gasteiger partial charge < -0.3 is 9.88 Å². The normalized spacial score (nSPS) is 17.0. The van der Waals surface area contributed by atoms with Crippen molar-refractivity contribution in [2.75, 3.05) is 13.1 Å². The first-order valence-electron chi connectivity index (χ1n) is 8.89. The molecular weight excluding hydrogens is 350 g/mol. The third kappa shape index (κ3) is 3.76. The molecular formula is C19H24ClN5O. The maximum atomic E-state index is 13.0. The minimum atomic E-state index is -0.0565. The lowest BCUT2D eigenvalue weighted by molar-refractivity contribution is 0.437. The highest BCUT2D eigenvalue weighted by Gasteiger charge is 2.24. The zero-order valence-corrected chi connectivity index (χ0v) is 15.4. The molecule has 1 atom stereocenters. The molecule has 4 rings (SSSR count). The van der Waals surface area contributed by atoms with Crippen molar-refractivity contribution >= 4 is 12.4 Å². The Bertz CT molecular complexity index is 863. The van der Waals surface area contributed by atoms with Crippen LogP contribution in [0, 0.1) is 0 Å². The molecule has 26 heavy (non-hydrogen) atoms. The fourth-order valence-corrected chi connectivity index (χ4v) is 3.46. The first kappa shape index (κ1) is 18.5. The molecule has 0 amide bonds. The monoisotopic (exact) mass is 373 g/mol. The summed E-state index contributed by atoms with van der Waals surface area (Å²) >= 11 is 0. The van der Waals surface area contributed by atoms with Crippen molar-refractivity contribution in [1.29, 1.82) is 0 Å². The molecule has 0 radical (unpaired) electrons. The molecule has 138 valence electrons. The van der Waals surface area contributed by atoms with E-state index in [0.717, 1.165) is 44.0 Å². The highest BCUT2D eigenvalue weighted by atomic mass is 35.5. The Balaban J connectivity index is 0.00000196. The summed E-state index contributed by atoms with van der Waals surface area (Å²) < 4.78 is 5.46. The lowest BCUT2D eigenvalue weighted by atomic mass is 9.99. The van der Waals surface area contributed by atoms with Crippen LogP contribution in [0.2, 0.25) is 0 Å². The fourth-order valence-electron chi connectivity index (χ4n) is 3.46. The Labute approximate surface area is 158 Å². The molecule has 6 nitrogen and oxygen atoms in total. The second kappa shape index (κ2) is 8.38. The van der Waals surface area contributed by atoms with Crippen molar-refractivity contribution in [3.63, 3.8) is 0 Å². The molecule has 1 fully saturated rings. The van der Waals surface area contributed by atoms with Crippen LogP contribution < -0.4 is 11.0 Å². The number of para-hydroxylation sites is 1. The van der Waals surface area contributed by atoms with Gasteiger partial charge in [-0.05, 0) is 43.7 Å². The van der Waals surface area contributed by atoms with Crippen LogP contribution in [0.5, 0.6) is 0 Å². The van der Waals surface area contributed by atoms with Gasteiger partial charge in [-0.1, -0.05) is 18.2 Å². The van der Waals surface area contributed by atoms with E-state index in [1.54, 1.807) is 9.25 Å². The summed E-state index contributed by atoms with van der Waals surface area (Å²) in [5, 5.41) is 8.15. The van der Waals surface area contributed by atoms with Gasteiger partial charge in [-0.15, -0.1) is 12.4 Å². The van der Waals surface area contributed by atoms with Crippen LogP contribution in [0.3, 0.4) is 0 Å². The smallest absolute Gasteiger partial charge is 0.350 e. The minimum absolute atomic E-state index is 0. The minimum Gasteiger partial charge on any atom is -0.352 e. The number of nitrogens with one attached hydrogen (secondary N) is 1. The Hall–Kier alpha value is -2.31. The van der Waals surface area contributed by atoms with Crippen molar-refractivity contribution < 1.29 is 0 Å². The average Bonchev–Trinajstić information content (AvgIpc) is 3.29. The van der Waals surface area contributed by atoms with Crippen LogP contribution in [0.4, 0.5) is 0 Å². The lowest BCUT2D eigenvalue weighted by Crippen LogP contribution is -2.31. The molecule has 1 aliphatic heterocycles. The maximum Gasteiger partial charge on any atom is 0.350 e. The quantitative estimate of drug-likeness (QED) is 0.747. The van der Waals surface area contributed by atoms with Crippen LogP contribution in [-0.2, 0) is 13.1 Å². The molecule has 0 bridgehead atoms. The first-order valence-corrected chi connectivity index (χ1v) is 8.89. The summed E-state index contributed by atoms with van der Waals surface area (Å²) in [7, 11) is 0. The molecule has 1 unspecified atom stereocenters. The zero-order valence-electron chi connectivity index (χ0n) is 14.6. The first-order chi connectivity index (χ1) is 12.3. The van der Waals surface area contributed by atoms with E-state index >= 15 is 0 Å². The SMILES string of the molecule is Cl.O=c1n(CCn2cccc2)nc(C2CCCNC2)n1-c1ccccc1. The molecule has 7 heteroatoms. The zero-order chi connectivity index (χ0) is 17.1. The topological polar surface area (TPSA) is 56.8 Å². The number of hydrogen-bond acceptors (Lipinski definition) is 3. The van der Waals surface area contributed by atoms with Crippen molar-refractivity contribution in [3.05, 3.63) is 71.2 Å². The number of aromatic nitrogens is 4. The van der Waals surface area contributed by atoms with Gasteiger partial charge in [-0.2, -0.15) is 5.10 Å². The van der Waals surface area contributed by atoms with E-state index in [0.29, 0.717) is 6.54 Å². The van der Waals surface area contributed by atoms with E-state index in [2.05, 4.69) is 9.88 Å². The standard InChI is InChI=1S/C19H23N5O.ClH/c25-19-23(14-13-22-11-4-5-12-22)21-18(16-7-6-10-20-15-16)24(19)17-8-2-1-3-9-17;/h1-5,8-9,11-12,16,20H,6-7,10,13-15H2;1H. The van der Waals surface area contributed by atoms with E-state index in [1.165, 1.54) is 0 Å². The summed E-state index contributed by atoms with van der Waals surface area (Å²) in [6.45, 7) is 3.23. The van der Waals surface area contributed by atoms with Gasteiger partial charge in [0.05, 0.1) is 12.2 Å². The van der Waals surface area contributed by atoms with Crippen molar-refractivity contribution in [1.82, 2.24) is 24.2 Å². The van der Waals surface area contributed by atoms with E-state index in [1.807, 2.05) is 54.9 Å². The van der Waals surface area contributed by atoms with Gasteiger partial charge in [0.1, 0.15) is 5.82 Å². The Kier molecular flexibility index (Phi) is 5.96. The largest absolute Gasteiger partial charge is 0.352 e. The van der Waals surface area contributed by atoms with Crippen LogP contribution in [-0.4, -0.2) is 32.0 Å². The van der Waals surface area contributed by atoms with Crippen molar-refractivity contribution in [2.45, 2.75) is 31.8 Å². The van der Waals surface area contributed by atoms with Crippen molar-refractivity contribution in [3.8, 4) is 5.69 Å². The van der Waals surface area contributed by atoms with Gasteiger partial charge in [-0.3, -0.25) is 0 Å². The molecule has 3 aromatic rings. The molecule has 0 saturated carbocycles. The van der Waals surface area contributed by atoms with Gasteiger partial charge in [0.2, 0.25) is 0 Å². The van der Waals surface area contributed by atoms with Crippen molar-refractivity contribution in [2.24, 2.45) is 0 Å². The highest BCUT2D eigenvalue weighted by Crippen LogP contribution is 2.22. The molecule has 2 aromatic heterocycles. The van der Waals surface area contributed by atoms with Gasteiger partial charge in [0, 0.05) is 31.4 Å².